The molecule has 4 aliphatic rings. The molecule has 2 bridgehead atoms. The molecule has 4 saturated carbocycles. The van der Waals surface area contributed by atoms with Gasteiger partial charge in [0.1, 0.15) is 0 Å². The maximum Gasteiger partial charge on any atom is 0.332 e. The minimum absolute atomic E-state index is 0.332. The number of nitrogens with zero attached hydrogens (tertiary/aromatic N) is 2. The van der Waals surface area contributed by atoms with Crippen LogP contribution in [0.2, 0.25) is 0 Å². The van der Waals surface area contributed by atoms with Crippen molar-refractivity contribution in [3.8, 4) is 0 Å². The van der Waals surface area contributed by atoms with E-state index >= 15 is 0 Å². The molecule has 6 atom stereocenters. The van der Waals surface area contributed by atoms with Gasteiger partial charge in [-0.25, -0.2) is 20.4 Å². The summed E-state index contributed by atoms with van der Waals surface area (Å²) in [5, 5.41) is 8.43. The van der Waals surface area contributed by atoms with E-state index < -0.39 is 12.1 Å². The van der Waals surface area contributed by atoms with E-state index in [0.717, 1.165) is 24.3 Å². The summed E-state index contributed by atoms with van der Waals surface area (Å²) in [5.74, 6) is 3.20. The van der Waals surface area contributed by atoms with E-state index in [9.17, 15) is 9.59 Å². The van der Waals surface area contributed by atoms with Gasteiger partial charge < -0.3 is 11.5 Å². The normalized spacial score (nSPS) is 45.5. The van der Waals surface area contributed by atoms with Crippen LogP contribution in [0.5, 0.6) is 0 Å². The molecular formula is C13H18N6O2. The summed E-state index contributed by atoms with van der Waals surface area (Å²) in [4.78, 5) is 21.7. The Bertz CT molecular complexity index is 531. The molecule has 21 heavy (non-hydrogen) atoms. The average Bonchev–Trinajstić information content (AvgIpc) is 3.03. The summed E-state index contributed by atoms with van der Waals surface area (Å²) in [5.41, 5.74) is 17.0. The zero-order valence-electron chi connectivity index (χ0n) is 11.5. The molecule has 0 radical (unpaired) electrons. The Morgan fingerprint density at radius 3 is 1.67 bits per heavy atom. The molecule has 6 N–H and O–H groups in total. The smallest absolute Gasteiger partial charge is 0.332 e. The van der Waals surface area contributed by atoms with Crippen molar-refractivity contribution >= 4 is 23.5 Å². The molecule has 4 aliphatic carbocycles. The van der Waals surface area contributed by atoms with Crippen LogP contribution >= 0.6 is 0 Å². The van der Waals surface area contributed by atoms with Crippen molar-refractivity contribution in [3.05, 3.63) is 0 Å². The van der Waals surface area contributed by atoms with Gasteiger partial charge in [-0.15, -0.1) is 0 Å². The second-order valence-corrected chi connectivity index (χ2v) is 6.51. The first kappa shape index (κ1) is 12.6. The zero-order valence-corrected chi connectivity index (χ0v) is 11.5. The standard InChI is InChI=1S/C13H18N6O2/c14-12(20)18-16-8-2-4-5-3-9(17-19-13(15)21)11-7(5)1-6(4)10(8)11/h4-7,10-11H,1-3H2,(H3,14,18,20)(H3,15,19,21)/b16-8+,17-9+/t4-,5-,6-,7-,10-,11+/m1/s1. The molecule has 8 heteroatoms. The van der Waals surface area contributed by atoms with Crippen molar-refractivity contribution in [2.24, 2.45) is 57.2 Å². The molecule has 0 aromatic heterocycles. The van der Waals surface area contributed by atoms with E-state index in [1.165, 1.54) is 6.42 Å². The van der Waals surface area contributed by atoms with Crippen molar-refractivity contribution in [2.75, 3.05) is 0 Å². The first-order valence-corrected chi connectivity index (χ1v) is 7.30. The van der Waals surface area contributed by atoms with E-state index in [1.807, 2.05) is 0 Å². The van der Waals surface area contributed by atoms with Crippen LogP contribution < -0.4 is 22.3 Å². The summed E-state index contributed by atoms with van der Waals surface area (Å²) in [6.45, 7) is 0. The number of hydrazone groups is 2. The van der Waals surface area contributed by atoms with Crippen LogP contribution in [0.15, 0.2) is 10.2 Å². The summed E-state index contributed by atoms with van der Waals surface area (Å²) < 4.78 is 0. The van der Waals surface area contributed by atoms with Gasteiger partial charge in [0.2, 0.25) is 0 Å². The Hall–Kier alpha value is -2.12. The molecule has 0 heterocycles. The Labute approximate surface area is 121 Å². The first-order chi connectivity index (χ1) is 10.1. The number of nitrogens with one attached hydrogen (secondary N) is 2. The van der Waals surface area contributed by atoms with Gasteiger partial charge in [-0.2, -0.15) is 10.2 Å². The van der Waals surface area contributed by atoms with Crippen molar-refractivity contribution in [1.82, 2.24) is 10.9 Å². The van der Waals surface area contributed by atoms with Gasteiger partial charge in [-0.3, -0.25) is 0 Å². The van der Waals surface area contributed by atoms with Crippen molar-refractivity contribution in [2.45, 2.75) is 19.3 Å². The monoisotopic (exact) mass is 290 g/mol. The molecule has 0 aromatic carbocycles. The molecule has 8 nitrogen and oxygen atoms in total. The Morgan fingerprint density at radius 2 is 1.29 bits per heavy atom. The van der Waals surface area contributed by atoms with Crippen LogP contribution in [0, 0.1) is 35.5 Å². The minimum atomic E-state index is -0.634. The number of nitrogens with two attached hydrogens (primary N) is 2. The van der Waals surface area contributed by atoms with E-state index in [-0.39, 0.29) is 0 Å². The van der Waals surface area contributed by atoms with Crippen LogP contribution in [0.1, 0.15) is 19.3 Å². The first-order valence-electron chi connectivity index (χ1n) is 7.30. The number of fused-ring (bicyclic) bond motifs is 2. The lowest BCUT2D eigenvalue weighted by molar-refractivity contribution is 0.241. The van der Waals surface area contributed by atoms with Gasteiger partial charge in [0.05, 0.1) is 0 Å². The molecule has 4 fully saturated rings. The Balaban J connectivity index is 1.63. The second-order valence-electron chi connectivity index (χ2n) is 6.51. The quantitative estimate of drug-likeness (QED) is 0.531. The molecule has 4 rings (SSSR count). The summed E-state index contributed by atoms with van der Waals surface area (Å²) in [7, 11) is 0. The number of primary amides is 2. The summed E-state index contributed by atoms with van der Waals surface area (Å²) >= 11 is 0. The van der Waals surface area contributed by atoms with Crippen LogP contribution in [-0.4, -0.2) is 23.5 Å². The van der Waals surface area contributed by atoms with E-state index in [2.05, 4.69) is 21.1 Å². The number of carbonyl (C=O) groups excluding carboxylic acids is 2. The van der Waals surface area contributed by atoms with Gasteiger partial charge in [0, 0.05) is 23.3 Å². The van der Waals surface area contributed by atoms with Crippen molar-refractivity contribution in [1.29, 1.82) is 0 Å². The number of carbonyl (C=O) groups is 2. The van der Waals surface area contributed by atoms with Gasteiger partial charge in [0.25, 0.3) is 0 Å². The fourth-order valence-electron chi connectivity index (χ4n) is 5.42. The molecule has 0 saturated heterocycles. The lowest BCUT2D eigenvalue weighted by atomic mass is 9.79. The number of hydrogen-bond donors (Lipinski definition) is 4. The largest absolute Gasteiger partial charge is 0.350 e. The van der Waals surface area contributed by atoms with Gasteiger partial charge in [0.15, 0.2) is 0 Å². The highest BCUT2D eigenvalue weighted by Gasteiger charge is 2.67. The number of urea groups is 2. The molecular weight excluding hydrogens is 272 g/mol. The molecule has 0 spiro atoms. The fraction of sp³-hybridized carbons (Fsp3) is 0.692. The third kappa shape index (κ3) is 1.68. The van der Waals surface area contributed by atoms with Crippen molar-refractivity contribution < 1.29 is 9.59 Å². The lowest BCUT2D eigenvalue weighted by Gasteiger charge is -2.24. The van der Waals surface area contributed by atoms with E-state index in [1.54, 1.807) is 0 Å². The third-order valence-corrected chi connectivity index (χ3v) is 5.78. The van der Waals surface area contributed by atoms with Gasteiger partial charge >= 0.3 is 12.1 Å². The van der Waals surface area contributed by atoms with Crippen LogP contribution in [-0.2, 0) is 0 Å². The molecule has 4 amide bonds. The maximum atomic E-state index is 10.9. The maximum absolute atomic E-state index is 10.9. The molecule has 0 aliphatic heterocycles. The Kier molecular flexibility index (Phi) is 2.51. The molecule has 0 aromatic rings. The van der Waals surface area contributed by atoms with E-state index in [0.29, 0.717) is 35.5 Å². The SMILES string of the molecule is NC(=O)N/N=C1\C[C@@H]2[C@H]3C/C(=N\NC(N)=O)[C@H]4[C@@H]3C[C@H]2[C@@H]14. The van der Waals surface area contributed by atoms with Crippen molar-refractivity contribution in [3.63, 3.8) is 0 Å². The average molecular weight is 290 g/mol. The fourth-order valence-corrected chi connectivity index (χ4v) is 5.42. The second kappa shape index (κ2) is 4.19. The summed E-state index contributed by atoms with van der Waals surface area (Å²) in [6.07, 6.45) is 3.10. The number of hydrogen-bond acceptors (Lipinski definition) is 4. The summed E-state index contributed by atoms with van der Waals surface area (Å²) in [6, 6.07) is -1.27. The highest BCUT2D eigenvalue weighted by atomic mass is 16.2. The molecule has 0 unspecified atom stereocenters. The lowest BCUT2D eigenvalue weighted by Crippen LogP contribution is -2.32. The number of amides is 4. The van der Waals surface area contributed by atoms with Crippen LogP contribution in [0.25, 0.3) is 0 Å². The number of rotatable bonds is 2. The highest BCUT2D eigenvalue weighted by Crippen LogP contribution is 2.68. The topological polar surface area (TPSA) is 135 Å². The minimum Gasteiger partial charge on any atom is -0.350 e. The van der Waals surface area contributed by atoms with E-state index in [4.69, 9.17) is 11.5 Å². The van der Waals surface area contributed by atoms with Crippen LogP contribution in [0.4, 0.5) is 9.59 Å². The zero-order chi connectivity index (χ0) is 14.7. The third-order valence-electron chi connectivity index (χ3n) is 5.78. The highest BCUT2D eigenvalue weighted by molar-refractivity contribution is 6.01. The Morgan fingerprint density at radius 1 is 0.857 bits per heavy atom. The van der Waals surface area contributed by atoms with Crippen LogP contribution in [0.3, 0.4) is 0 Å². The van der Waals surface area contributed by atoms with Gasteiger partial charge in [-0.1, -0.05) is 0 Å². The van der Waals surface area contributed by atoms with Gasteiger partial charge in [-0.05, 0) is 42.9 Å². The predicted octanol–water partition coefficient (Wildman–Crippen LogP) is -0.0431. The predicted molar refractivity (Wildman–Crippen MR) is 75.1 cm³/mol. The molecule has 112 valence electrons.